The van der Waals surface area contributed by atoms with E-state index >= 15 is 0 Å². The molecule has 2 saturated heterocycles. The van der Waals surface area contributed by atoms with Crippen molar-refractivity contribution in [2.24, 2.45) is 0 Å². The van der Waals surface area contributed by atoms with Crippen LogP contribution in [0.2, 0.25) is 0 Å². The van der Waals surface area contributed by atoms with Gasteiger partial charge in [0.05, 0.1) is 12.7 Å². The fraction of sp³-hybridized carbons (Fsp3) is 0.600. The van der Waals surface area contributed by atoms with Crippen LogP contribution in [-0.4, -0.2) is 25.6 Å². The van der Waals surface area contributed by atoms with Crippen LogP contribution in [0.25, 0.3) is 0 Å². The number of epoxide rings is 1. The van der Waals surface area contributed by atoms with Crippen molar-refractivity contribution in [1.82, 2.24) is 0 Å². The van der Waals surface area contributed by atoms with E-state index in [4.69, 9.17) is 14.2 Å². The zero-order valence-corrected chi connectivity index (χ0v) is 11.4. The number of rotatable bonds is 5. The van der Waals surface area contributed by atoms with Crippen molar-refractivity contribution in [3.05, 3.63) is 35.4 Å². The summed E-state index contributed by atoms with van der Waals surface area (Å²) in [5.74, 6) is -1.21. The summed E-state index contributed by atoms with van der Waals surface area (Å²) < 4.78 is 44.1. The highest BCUT2D eigenvalue weighted by molar-refractivity contribution is 5.33. The van der Waals surface area contributed by atoms with Crippen LogP contribution in [0.15, 0.2) is 18.2 Å². The van der Waals surface area contributed by atoms with Gasteiger partial charge < -0.3 is 14.2 Å². The van der Waals surface area contributed by atoms with Gasteiger partial charge in [0.15, 0.2) is 11.9 Å². The lowest BCUT2D eigenvalue weighted by atomic mass is 9.91. The molecule has 3 nitrogen and oxygen atoms in total. The van der Waals surface area contributed by atoms with E-state index in [1.54, 1.807) is 0 Å². The molecule has 0 aromatic heterocycles. The van der Waals surface area contributed by atoms with Crippen molar-refractivity contribution < 1.29 is 23.0 Å². The molecule has 3 rings (SSSR count). The predicted octanol–water partition coefficient (Wildman–Crippen LogP) is 3.12. The maximum absolute atomic E-state index is 14.0. The summed E-state index contributed by atoms with van der Waals surface area (Å²) in [7, 11) is 0. The molecule has 20 heavy (non-hydrogen) atoms. The predicted molar refractivity (Wildman–Crippen MR) is 68.1 cm³/mol. The smallest absolute Gasteiger partial charge is 0.193 e. The monoisotopic (exact) mass is 284 g/mol. The van der Waals surface area contributed by atoms with E-state index in [0.717, 1.165) is 18.9 Å². The van der Waals surface area contributed by atoms with Crippen molar-refractivity contribution in [2.75, 3.05) is 13.2 Å². The van der Waals surface area contributed by atoms with Gasteiger partial charge in [0.2, 0.25) is 0 Å². The van der Waals surface area contributed by atoms with Crippen molar-refractivity contribution in [1.29, 1.82) is 0 Å². The van der Waals surface area contributed by atoms with Crippen LogP contribution in [0, 0.1) is 11.6 Å². The Balaban J connectivity index is 1.84. The SMILES string of the molecule is CCCCO[C@@H]1OCCC2O[C@]21c1ccc(F)cc1F. The van der Waals surface area contributed by atoms with Gasteiger partial charge in [-0.25, -0.2) is 8.78 Å². The number of halogens is 2. The van der Waals surface area contributed by atoms with Crippen LogP contribution in [0.5, 0.6) is 0 Å². The average Bonchev–Trinajstić information content (AvgIpc) is 3.15. The van der Waals surface area contributed by atoms with Gasteiger partial charge in [-0.05, 0) is 18.6 Å². The van der Waals surface area contributed by atoms with Crippen LogP contribution >= 0.6 is 0 Å². The molecular weight excluding hydrogens is 266 g/mol. The van der Waals surface area contributed by atoms with E-state index in [0.29, 0.717) is 25.2 Å². The first-order chi connectivity index (χ1) is 9.68. The highest BCUT2D eigenvalue weighted by Crippen LogP contribution is 2.55. The Bertz CT molecular complexity index is 494. The number of ether oxygens (including phenoxy) is 3. The maximum atomic E-state index is 14.0. The third-order valence-electron chi connectivity index (χ3n) is 3.88. The summed E-state index contributed by atoms with van der Waals surface area (Å²) in [6.45, 7) is 3.14. The van der Waals surface area contributed by atoms with Crippen molar-refractivity contribution in [2.45, 2.75) is 44.2 Å². The standard InChI is InChI=1S/C15H18F2O3/c1-2-3-7-18-14-15(13(20-15)6-8-19-14)11-5-4-10(16)9-12(11)17/h4-5,9,13-14H,2-3,6-8H2,1H3/t13?,14-,15-/m1/s1. The molecule has 1 aromatic carbocycles. The first-order valence-electron chi connectivity index (χ1n) is 7.05. The molecule has 1 unspecified atom stereocenters. The molecule has 0 N–H and O–H groups in total. The summed E-state index contributed by atoms with van der Waals surface area (Å²) in [5.41, 5.74) is -0.575. The number of hydrogen-bond acceptors (Lipinski definition) is 3. The van der Waals surface area contributed by atoms with Gasteiger partial charge in [0.1, 0.15) is 11.6 Å². The number of hydrogen-bond donors (Lipinski definition) is 0. The lowest BCUT2D eigenvalue weighted by molar-refractivity contribution is -0.189. The summed E-state index contributed by atoms with van der Waals surface area (Å²) in [4.78, 5) is 0. The highest BCUT2D eigenvalue weighted by Gasteiger charge is 2.67. The fourth-order valence-corrected chi connectivity index (χ4v) is 2.76. The molecule has 0 spiro atoms. The summed E-state index contributed by atoms with van der Waals surface area (Å²) in [5, 5.41) is 0. The van der Waals surface area contributed by atoms with Gasteiger partial charge >= 0.3 is 0 Å². The van der Waals surface area contributed by atoms with Crippen molar-refractivity contribution in [3.63, 3.8) is 0 Å². The molecule has 0 radical (unpaired) electrons. The Hall–Kier alpha value is -1.04. The van der Waals surface area contributed by atoms with Crippen LogP contribution in [0.1, 0.15) is 31.7 Å². The van der Waals surface area contributed by atoms with Crippen molar-refractivity contribution >= 4 is 0 Å². The Morgan fingerprint density at radius 2 is 2.25 bits per heavy atom. The normalized spacial score (nSPS) is 31.9. The Kier molecular flexibility index (Phi) is 3.75. The minimum Gasteiger partial charge on any atom is -0.355 e. The van der Waals surface area contributed by atoms with E-state index in [9.17, 15) is 8.78 Å². The zero-order chi connectivity index (χ0) is 14.2. The van der Waals surface area contributed by atoms with Gasteiger partial charge in [-0.15, -0.1) is 0 Å². The van der Waals surface area contributed by atoms with Gasteiger partial charge in [0, 0.05) is 24.7 Å². The van der Waals surface area contributed by atoms with Gasteiger partial charge in [-0.2, -0.15) is 0 Å². The van der Waals surface area contributed by atoms with Crippen LogP contribution in [0.4, 0.5) is 8.78 Å². The minimum atomic E-state index is -0.899. The summed E-state index contributed by atoms with van der Waals surface area (Å²) in [6, 6.07) is 3.54. The van der Waals surface area contributed by atoms with Gasteiger partial charge in [-0.1, -0.05) is 13.3 Å². The molecule has 0 saturated carbocycles. The largest absolute Gasteiger partial charge is 0.355 e. The molecule has 0 aliphatic carbocycles. The van der Waals surface area contributed by atoms with Crippen molar-refractivity contribution in [3.8, 4) is 0 Å². The molecule has 2 fully saturated rings. The topological polar surface area (TPSA) is 31.0 Å². The Morgan fingerprint density at radius 1 is 1.40 bits per heavy atom. The van der Waals surface area contributed by atoms with Gasteiger partial charge in [-0.3, -0.25) is 0 Å². The van der Waals surface area contributed by atoms with Crippen LogP contribution in [-0.2, 0) is 19.8 Å². The van der Waals surface area contributed by atoms with E-state index in [1.165, 1.54) is 12.1 Å². The molecular formula is C15H18F2O3. The molecule has 1 aromatic rings. The lowest BCUT2D eigenvalue weighted by Crippen LogP contribution is -2.40. The molecule has 5 heteroatoms. The first-order valence-corrected chi connectivity index (χ1v) is 7.05. The average molecular weight is 284 g/mol. The van der Waals surface area contributed by atoms with E-state index in [2.05, 4.69) is 6.92 Å². The second-order valence-corrected chi connectivity index (χ2v) is 5.24. The Morgan fingerprint density at radius 3 is 3.00 bits per heavy atom. The maximum Gasteiger partial charge on any atom is 0.193 e. The van der Waals surface area contributed by atoms with Crippen LogP contribution < -0.4 is 0 Å². The fourth-order valence-electron chi connectivity index (χ4n) is 2.76. The molecule has 0 amide bonds. The van der Waals surface area contributed by atoms with Gasteiger partial charge in [0.25, 0.3) is 0 Å². The van der Waals surface area contributed by atoms with Crippen LogP contribution in [0.3, 0.4) is 0 Å². The molecule has 110 valence electrons. The van der Waals surface area contributed by atoms with E-state index in [-0.39, 0.29) is 6.10 Å². The third kappa shape index (κ3) is 2.24. The minimum absolute atomic E-state index is 0.108. The quantitative estimate of drug-likeness (QED) is 0.615. The Labute approximate surface area is 116 Å². The number of fused-ring (bicyclic) bond motifs is 1. The number of unbranched alkanes of at least 4 members (excludes halogenated alkanes) is 1. The summed E-state index contributed by atoms with van der Waals surface area (Å²) >= 11 is 0. The second kappa shape index (κ2) is 5.39. The first kappa shape index (κ1) is 13.9. The highest BCUT2D eigenvalue weighted by atomic mass is 19.1. The van der Waals surface area contributed by atoms with E-state index in [1.807, 2.05) is 0 Å². The zero-order valence-electron chi connectivity index (χ0n) is 11.4. The van der Waals surface area contributed by atoms with E-state index < -0.39 is 23.5 Å². The third-order valence-corrected chi connectivity index (χ3v) is 3.88. The molecule has 2 aliphatic rings. The second-order valence-electron chi connectivity index (χ2n) is 5.24. The summed E-state index contributed by atoms with van der Waals surface area (Å²) in [6.07, 6.45) is 1.89. The molecule has 2 heterocycles. The molecule has 2 aliphatic heterocycles. The molecule has 0 bridgehead atoms. The molecule has 3 atom stereocenters. The lowest BCUT2D eigenvalue weighted by Gasteiger charge is -2.29. The number of benzene rings is 1.